The molecule has 0 amide bonds. The molecule has 3 rings (SSSR count). The van der Waals surface area contributed by atoms with Crippen LogP contribution in [0.1, 0.15) is 51.4 Å². The Morgan fingerprint density at radius 2 is 2.04 bits per heavy atom. The van der Waals surface area contributed by atoms with E-state index in [1.165, 1.54) is 11.1 Å². The van der Waals surface area contributed by atoms with Crippen LogP contribution < -0.4 is 5.32 Å². The van der Waals surface area contributed by atoms with Crippen molar-refractivity contribution in [1.29, 1.82) is 0 Å². The zero-order valence-electron chi connectivity index (χ0n) is 16.7. The average Bonchev–Trinajstić information content (AvgIpc) is 3.16. The van der Waals surface area contributed by atoms with Crippen molar-refractivity contribution in [2.24, 2.45) is 4.99 Å². The lowest BCUT2D eigenvalue weighted by molar-refractivity contribution is 0.318. The molecule has 144 valence electrons. The topological polar surface area (TPSA) is 66.5 Å². The Morgan fingerprint density at radius 1 is 1.26 bits per heavy atom. The van der Waals surface area contributed by atoms with E-state index in [0.29, 0.717) is 18.3 Å². The third kappa shape index (κ3) is 4.96. The molecule has 27 heavy (non-hydrogen) atoms. The molecular formula is C21H29N5O. The van der Waals surface area contributed by atoms with E-state index < -0.39 is 0 Å². The van der Waals surface area contributed by atoms with E-state index in [-0.39, 0.29) is 5.41 Å². The maximum absolute atomic E-state index is 5.36. The highest BCUT2D eigenvalue weighted by molar-refractivity contribution is 5.81. The maximum Gasteiger partial charge on any atom is 0.232 e. The first-order valence-corrected chi connectivity index (χ1v) is 9.58. The summed E-state index contributed by atoms with van der Waals surface area (Å²) in [6.07, 6.45) is 3.29. The minimum atomic E-state index is -0.148. The number of aromatic nitrogens is 2. The molecule has 0 unspecified atom stereocenters. The van der Waals surface area contributed by atoms with Crippen LogP contribution in [0.2, 0.25) is 0 Å². The number of hydrogen-bond acceptors (Lipinski definition) is 4. The molecule has 1 aromatic carbocycles. The fourth-order valence-corrected chi connectivity index (χ4v) is 2.97. The normalized spacial score (nSPS) is 15.6. The first-order valence-electron chi connectivity index (χ1n) is 9.58. The summed E-state index contributed by atoms with van der Waals surface area (Å²) < 4.78 is 5.36. The minimum absolute atomic E-state index is 0.148. The van der Waals surface area contributed by atoms with Crippen molar-refractivity contribution in [3.05, 3.63) is 53.7 Å². The van der Waals surface area contributed by atoms with Crippen molar-refractivity contribution in [1.82, 2.24) is 20.4 Å². The van der Waals surface area contributed by atoms with Crippen molar-refractivity contribution in [2.45, 2.75) is 46.1 Å². The molecule has 0 fully saturated rings. The SMILES string of the molecule is CCNC(=NCc1noc(C(C)(C)C)n1)N1CC=C(c2ccccc2)CC1. The van der Waals surface area contributed by atoms with Crippen LogP contribution in [0.3, 0.4) is 0 Å². The molecule has 6 nitrogen and oxygen atoms in total. The van der Waals surface area contributed by atoms with E-state index in [9.17, 15) is 0 Å². The van der Waals surface area contributed by atoms with Crippen molar-refractivity contribution >= 4 is 11.5 Å². The predicted molar refractivity (Wildman–Crippen MR) is 108 cm³/mol. The number of guanidine groups is 1. The maximum atomic E-state index is 5.36. The van der Waals surface area contributed by atoms with E-state index in [2.05, 4.69) is 84.5 Å². The third-order valence-corrected chi connectivity index (χ3v) is 4.47. The van der Waals surface area contributed by atoms with Crippen LogP contribution in [0, 0.1) is 0 Å². The molecule has 0 saturated carbocycles. The molecule has 1 aliphatic heterocycles. The monoisotopic (exact) mass is 367 g/mol. The van der Waals surface area contributed by atoms with Gasteiger partial charge in [-0.25, -0.2) is 4.99 Å². The Hall–Kier alpha value is -2.63. The summed E-state index contributed by atoms with van der Waals surface area (Å²) in [5.41, 5.74) is 2.56. The fraction of sp³-hybridized carbons (Fsp3) is 0.476. The van der Waals surface area contributed by atoms with Gasteiger partial charge in [-0.2, -0.15) is 4.98 Å². The molecule has 0 bridgehead atoms. The van der Waals surface area contributed by atoms with Gasteiger partial charge in [-0.05, 0) is 24.5 Å². The summed E-state index contributed by atoms with van der Waals surface area (Å²) in [7, 11) is 0. The van der Waals surface area contributed by atoms with Gasteiger partial charge >= 0.3 is 0 Å². The largest absolute Gasteiger partial charge is 0.356 e. The Labute approximate surface area is 161 Å². The van der Waals surface area contributed by atoms with Gasteiger partial charge in [0.1, 0.15) is 6.54 Å². The molecule has 6 heteroatoms. The predicted octanol–water partition coefficient (Wildman–Crippen LogP) is 3.62. The highest BCUT2D eigenvalue weighted by atomic mass is 16.5. The van der Waals surface area contributed by atoms with E-state index in [0.717, 1.165) is 32.0 Å². The van der Waals surface area contributed by atoms with Crippen molar-refractivity contribution in [3.8, 4) is 0 Å². The third-order valence-electron chi connectivity index (χ3n) is 4.47. The molecule has 2 heterocycles. The molecule has 0 saturated heterocycles. The summed E-state index contributed by atoms with van der Waals surface area (Å²) in [5, 5.41) is 7.43. The number of nitrogens with one attached hydrogen (secondary N) is 1. The van der Waals surface area contributed by atoms with Gasteiger partial charge < -0.3 is 14.7 Å². The highest BCUT2D eigenvalue weighted by Crippen LogP contribution is 2.22. The first-order chi connectivity index (χ1) is 13.0. The van der Waals surface area contributed by atoms with Gasteiger partial charge in [0.05, 0.1) is 0 Å². The number of hydrogen-bond donors (Lipinski definition) is 1. The number of benzene rings is 1. The molecule has 1 aromatic heterocycles. The van der Waals surface area contributed by atoms with Crippen LogP contribution in [-0.4, -0.2) is 40.6 Å². The zero-order valence-corrected chi connectivity index (χ0v) is 16.7. The van der Waals surface area contributed by atoms with E-state index >= 15 is 0 Å². The van der Waals surface area contributed by atoms with Gasteiger partial charge in [0.15, 0.2) is 11.8 Å². The summed E-state index contributed by atoms with van der Waals surface area (Å²) in [6.45, 7) is 11.3. The van der Waals surface area contributed by atoms with Crippen molar-refractivity contribution in [2.75, 3.05) is 19.6 Å². The average molecular weight is 367 g/mol. The molecule has 0 spiro atoms. The number of rotatable bonds is 4. The Kier molecular flexibility index (Phi) is 5.94. The fourth-order valence-electron chi connectivity index (χ4n) is 2.97. The molecule has 1 aliphatic rings. The second-order valence-electron chi connectivity index (χ2n) is 7.73. The lowest BCUT2D eigenvalue weighted by atomic mass is 9.97. The number of nitrogens with zero attached hydrogens (tertiary/aromatic N) is 4. The molecule has 0 aliphatic carbocycles. The second-order valence-corrected chi connectivity index (χ2v) is 7.73. The van der Waals surface area contributed by atoms with Gasteiger partial charge in [-0.3, -0.25) is 0 Å². The molecule has 2 aromatic rings. The van der Waals surface area contributed by atoms with E-state index in [1.54, 1.807) is 0 Å². The van der Waals surface area contributed by atoms with Gasteiger partial charge in [0.25, 0.3) is 0 Å². The Bertz CT molecular complexity index is 801. The summed E-state index contributed by atoms with van der Waals surface area (Å²) in [6, 6.07) is 10.6. The Balaban J connectivity index is 1.68. The van der Waals surface area contributed by atoms with Crippen molar-refractivity contribution < 1.29 is 4.52 Å². The van der Waals surface area contributed by atoms with E-state index in [4.69, 9.17) is 9.52 Å². The van der Waals surface area contributed by atoms with Gasteiger partial charge in [0, 0.05) is 25.0 Å². The van der Waals surface area contributed by atoms with Crippen molar-refractivity contribution in [3.63, 3.8) is 0 Å². The van der Waals surface area contributed by atoms with E-state index in [1.807, 2.05) is 0 Å². The number of aliphatic imine (C=N–C) groups is 1. The lowest BCUT2D eigenvalue weighted by Gasteiger charge is -2.29. The summed E-state index contributed by atoms with van der Waals surface area (Å²) >= 11 is 0. The van der Waals surface area contributed by atoms with Crippen LogP contribution in [0.25, 0.3) is 5.57 Å². The van der Waals surface area contributed by atoms with Crippen LogP contribution in [0.5, 0.6) is 0 Å². The van der Waals surface area contributed by atoms with Crippen LogP contribution in [0.15, 0.2) is 45.9 Å². The molecule has 0 radical (unpaired) electrons. The molecular weight excluding hydrogens is 338 g/mol. The molecule has 0 atom stereocenters. The Morgan fingerprint density at radius 3 is 2.63 bits per heavy atom. The van der Waals surface area contributed by atoms with Crippen LogP contribution >= 0.6 is 0 Å². The summed E-state index contributed by atoms with van der Waals surface area (Å²) in [4.78, 5) is 11.4. The highest BCUT2D eigenvalue weighted by Gasteiger charge is 2.22. The second kappa shape index (κ2) is 8.37. The quantitative estimate of drug-likeness (QED) is 0.660. The van der Waals surface area contributed by atoms with Gasteiger partial charge in [-0.1, -0.05) is 62.3 Å². The first kappa shape index (κ1) is 19.1. The van der Waals surface area contributed by atoms with Gasteiger partial charge in [0.2, 0.25) is 5.89 Å². The lowest BCUT2D eigenvalue weighted by Crippen LogP contribution is -2.43. The zero-order chi connectivity index (χ0) is 19.3. The smallest absolute Gasteiger partial charge is 0.232 e. The summed E-state index contributed by atoms with van der Waals surface area (Å²) in [5.74, 6) is 2.15. The standard InChI is InChI=1S/C21H29N5O/c1-5-22-20(23-15-18-24-19(27-25-18)21(2,3)4)26-13-11-17(12-14-26)16-9-7-6-8-10-16/h6-11H,5,12-15H2,1-4H3,(H,22,23). The van der Waals surface area contributed by atoms with Crippen LogP contribution in [-0.2, 0) is 12.0 Å². The minimum Gasteiger partial charge on any atom is -0.356 e. The van der Waals surface area contributed by atoms with Gasteiger partial charge in [-0.15, -0.1) is 0 Å². The molecule has 1 N–H and O–H groups in total. The van der Waals surface area contributed by atoms with Crippen LogP contribution in [0.4, 0.5) is 0 Å².